The highest BCUT2D eigenvalue weighted by atomic mass is 79.9. The standard InChI is InChI=1S/C15H10Br2O3/c16-9-2-1-8-7-20-13-4-3-10(17)6-12(13)14(15(18)19)11(8)5-9/h1-6,14H,7H2,(H,18,19)/t14-/m1/s1. The molecule has 1 aliphatic heterocycles. The first-order valence-electron chi connectivity index (χ1n) is 5.99. The summed E-state index contributed by atoms with van der Waals surface area (Å²) < 4.78 is 7.45. The molecule has 102 valence electrons. The normalized spacial score (nSPS) is 16.6. The van der Waals surface area contributed by atoms with Crippen molar-refractivity contribution in [1.82, 2.24) is 0 Å². The van der Waals surface area contributed by atoms with Gasteiger partial charge in [-0.1, -0.05) is 37.9 Å². The number of ether oxygens (including phenoxy) is 1. The third-order valence-corrected chi connectivity index (χ3v) is 4.32. The Morgan fingerprint density at radius 1 is 1.10 bits per heavy atom. The monoisotopic (exact) mass is 396 g/mol. The van der Waals surface area contributed by atoms with Crippen LogP contribution in [0.15, 0.2) is 45.3 Å². The Morgan fingerprint density at radius 2 is 1.75 bits per heavy atom. The molecule has 3 nitrogen and oxygen atoms in total. The molecule has 0 unspecified atom stereocenters. The van der Waals surface area contributed by atoms with Crippen molar-refractivity contribution >= 4 is 37.8 Å². The second-order valence-electron chi connectivity index (χ2n) is 4.59. The highest BCUT2D eigenvalue weighted by molar-refractivity contribution is 9.10. The summed E-state index contributed by atoms with van der Waals surface area (Å²) in [5.41, 5.74) is 2.33. The van der Waals surface area contributed by atoms with Crippen LogP contribution in [0.4, 0.5) is 0 Å². The SMILES string of the molecule is O=C(O)[C@@H]1c2cc(Br)ccc2COc2ccc(Br)cc21. The van der Waals surface area contributed by atoms with Crippen LogP contribution in [0.1, 0.15) is 22.6 Å². The summed E-state index contributed by atoms with van der Waals surface area (Å²) in [6.45, 7) is 0.376. The first kappa shape index (κ1) is 13.6. The van der Waals surface area contributed by atoms with Crippen molar-refractivity contribution in [2.75, 3.05) is 0 Å². The molecule has 5 heteroatoms. The van der Waals surface area contributed by atoms with Crippen molar-refractivity contribution in [1.29, 1.82) is 0 Å². The number of carbonyl (C=O) groups is 1. The Bertz CT molecular complexity index is 644. The van der Waals surface area contributed by atoms with Gasteiger partial charge in [0, 0.05) is 14.5 Å². The lowest BCUT2D eigenvalue weighted by molar-refractivity contribution is -0.137. The predicted molar refractivity (Wildman–Crippen MR) is 82.1 cm³/mol. The van der Waals surface area contributed by atoms with Crippen LogP contribution in [0, 0.1) is 0 Å². The van der Waals surface area contributed by atoms with Crippen LogP contribution < -0.4 is 4.74 Å². The molecule has 1 heterocycles. The first-order chi connectivity index (χ1) is 9.56. The summed E-state index contributed by atoms with van der Waals surface area (Å²) >= 11 is 6.79. The van der Waals surface area contributed by atoms with E-state index in [1.165, 1.54) is 0 Å². The fraction of sp³-hybridized carbons (Fsp3) is 0.133. The van der Waals surface area contributed by atoms with E-state index in [4.69, 9.17) is 4.74 Å². The zero-order chi connectivity index (χ0) is 14.3. The summed E-state index contributed by atoms with van der Waals surface area (Å²) in [5.74, 6) is -0.986. The quantitative estimate of drug-likeness (QED) is 0.779. The maximum Gasteiger partial charge on any atom is 0.315 e. The van der Waals surface area contributed by atoms with E-state index in [1.54, 1.807) is 6.07 Å². The molecule has 1 N–H and O–H groups in total. The number of hydrogen-bond acceptors (Lipinski definition) is 2. The van der Waals surface area contributed by atoms with Crippen molar-refractivity contribution in [3.63, 3.8) is 0 Å². The molecule has 1 aliphatic rings. The topological polar surface area (TPSA) is 46.5 Å². The highest BCUT2D eigenvalue weighted by Crippen LogP contribution is 2.39. The van der Waals surface area contributed by atoms with Gasteiger partial charge in [0.15, 0.2) is 0 Å². The molecule has 0 saturated carbocycles. The van der Waals surface area contributed by atoms with Crippen LogP contribution >= 0.6 is 31.9 Å². The van der Waals surface area contributed by atoms with Gasteiger partial charge in [0.1, 0.15) is 18.3 Å². The molecular weight excluding hydrogens is 388 g/mol. The van der Waals surface area contributed by atoms with E-state index in [0.717, 1.165) is 20.1 Å². The van der Waals surface area contributed by atoms with Crippen LogP contribution in [0.3, 0.4) is 0 Å². The molecule has 0 amide bonds. The minimum absolute atomic E-state index is 0.376. The number of hydrogen-bond donors (Lipinski definition) is 1. The van der Waals surface area contributed by atoms with Crippen molar-refractivity contribution in [3.8, 4) is 5.75 Å². The van der Waals surface area contributed by atoms with Gasteiger partial charge in [-0.05, 0) is 41.5 Å². The molecule has 2 aromatic rings. The van der Waals surface area contributed by atoms with E-state index < -0.39 is 11.9 Å². The van der Waals surface area contributed by atoms with Gasteiger partial charge in [-0.25, -0.2) is 0 Å². The fourth-order valence-corrected chi connectivity index (χ4v) is 3.19. The summed E-state index contributed by atoms with van der Waals surface area (Å²) in [7, 11) is 0. The Kier molecular flexibility index (Phi) is 3.56. The van der Waals surface area contributed by atoms with Crippen LogP contribution in [-0.2, 0) is 11.4 Å². The van der Waals surface area contributed by atoms with Crippen LogP contribution in [0.5, 0.6) is 5.75 Å². The minimum atomic E-state index is -0.880. The maximum absolute atomic E-state index is 11.8. The third-order valence-electron chi connectivity index (χ3n) is 3.33. The fourth-order valence-electron chi connectivity index (χ4n) is 2.43. The zero-order valence-corrected chi connectivity index (χ0v) is 13.4. The summed E-state index contributed by atoms with van der Waals surface area (Å²) in [6.07, 6.45) is 0. The van der Waals surface area contributed by atoms with Crippen molar-refractivity contribution < 1.29 is 14.6 Å². The first-order valence-corrected chi connectivity index (χ1v) is 7.58. The molecule has 0 aliphatic carbocycles. The second kappa shape index (κ2) is 5.22. The maximum atomic E-state index is 11.8. The number of halogens is 2. The number of rotatable bonds is 1. The lowest BCUT2D eigenvalue weighted by Crippen LogP contribution is -2.14. The third kappa shape index (κ3) is 2.36. The lowest BCUT2D eigenvalue weighted by Gasteiger charge is -2.15. The second-order valence-corrected chi connectivity index (χ2v) is 6.42. The van der Waals surface area contributed by atoms with Gasteiger partial charge in [0.25, 0.3) is 0 Å². The number of carboxylic acids is 1. The molecular formula is C15H10Br2O3. The van der Waals surface area contributed by atoms with Crippen LogP contribution in [0.2, 0.25) is 0 Å². The van der Waals surface area contributed by atoms with Gasteiger partial charge in [-0.2, -0.15) is 0 Å². The van der Waals surface area contributed by atoms with E-state index in [9.17, 15) is 9.90 Å². The van der Waals surface area contributed by atoms with Gasteiger partial charge in [0.05, 0.1) is 0 Å². The number of fused-ring (bicyclic) bond motifs is 2. The van der Waals surface area contributed by atoms with Crippen LogP contribution in [-0.4, -0.2) is 11.1 Å². The molecule has 0 saturated heterocycles. The lowest BCUT2D eigenvalue weighted by atomic mass is 9.88. The molecule has 2 aromatic carbocycles. The van der Waals surface area contributed by atoms with E-state index in [2.05, 4.69) is 31.9 Å². The molecule has 0 radical (unpaired) electrons. The Hall–Kier alpha value is -1.33. The van der Waals surface area contributed by atoms with Gasteiger partial charge < -0.3 is 9.84 Å². The average Bonchev–Trinajstić information content (AvgIpc) is 2.54. The van der Waals surface area contributed by atoms with Crippen molar-refractivity contribution in [3.05, 3.63) is 62.0 Å². The summed E-state index contributed by atoms with van der Waals surface area (Å²) in [6, 6.07) is 11.1. The summed E-state index contributed by atoms with van der Waals surface area (Å²) in [5, 5.41) is 9.65. The average molecular weight is 398 g/mol. The predicted octanol–water partition coefficient (Wildman–Crippen LogP) is 4.32. The molecule has 0 bridgehead atoms. The van der Waals surface area contributed by atoms with Gasteiger partial charge >= 0.3 is 5.97 Å². The van der Waals surface area contributed by atoms with E-state index >= 15 is 0 Å². The molecule has 1 atom stereocenters. The number of aliphatic carboxylic acids is 1. The molecule has 0 spiro atoms. The Morgan fingerprint density at radius 3 is 2.45 bits per heavy atom. The zero-order valence-electron chi connectivity index (χ0n) is 10.3. The summed E-state index contributed by atoms with van der Waals surface area (Å²) in [4.78, 5) is 11.8. The molecule has 0 fully saturated rings. The smallest absolute Gasteiger partial charge is 0.315 e. The minimum Gasteiger partial charge on any atom is -0.489 e. The van der Waals surface area contributed by atoms with E-state index in [0.29, 0.717) is 17.9 Å². The van der Waals surface area contributed by atoms with E-state index in [1.807, 2.05) is 30.3 Å². The van der Waals surface area contributed by atoms with Gasteiger partial charge in [-0.15, -0.1) is 0 Å². The number of benzene rings is 2. The molecule has 3 rings (SSSR count). The molecule has 20 heavy (non-hydrogen) atoms. The largest absolute Gasteiger partial charge is 0.489 e. The highest BCUT2D eigenvalue weighted by Gasteiger charge is 2.30. The van der Waals surface area contributed by atoms with Crippen LogP contribution in [0.25, 0.3) is 0 Å². The van der Waals surface area contributed by atoms with E-state index in [-0.39, 0.29) is 0 Å². The Balaban J connectivity index is 2.27. The van der Waals surface area contributed by atoms with Crippen molar-refractivity contribution in [2.45, 2.75) is 12.5 Å². The Labute approximate surface area is 132 Å². The molecule has 0 aromatic heterocycles. The van der Waals surface area contributed by atoms with Gasteiger partial charge in [-0.3, -0.25) is 4.79 Å². The van der Waals surface area contributed by atoms with Crippen molar-refractivity contribution in [2.24, 2.45) is 0 Å². The number of carboxylic acid groups (broad SMARTS) is 1. The van der Waals surface area contributed by atoms with Gasteiger partial charge in [0.2, 0.25) is 0 Å².